The summed E-state index contributed by atoms with van der Waals surface area (Å²) in [6, 6.07) is 0. The van der Waals surface area contributed by atoms with E-state index in [1.54, 1.807) is 0 Å². The summed E-state index contributed by atoms with van der Waals surface area (Å²) in [6.07, 6.45) is 3.14. The van der Waals surface area contributed by atoms with Crippen LogP contribution in [0.25, 0.3) is 0 Å². The van der Waals surface area contributed by atoms with E-state index in [9.17, 15) is 5.11 Å². The number of ether oxygens (including phenoxy) is 1. The molecule has 0 aromatic rings. The van der Waals surface area contributed by atoms with E-state index < -0.39 is 6.10 Å². The van der Waals surface area contributed by atoms with Crippen molar-refractivity contribution >= 4 is 0 Å². The number of rotatable bonds is 6. The lowest BCUT2D eigenvalue weighted by molar-refractivity contribution is -0.0249. The molecule has 2 unspecified atom stereocenters. The number of hydrogen-bond acceptors (Lipinski definition) is 3. The number of aliphatic hydroxyl groups excluding tert-OH is 2. The molecule has 0 amide bonds. The van der Waals surface area contributed by atoms with Crippen molar-refractivity contribution in [3.8, 4) is 0 Å². The summed E-state index contributed by atoms with van der Waals surface area (Å²) in [7, 11) is 0. The van der Waals surface area contributed by atoms with Gasteiger partial charge in [-0.1, -0.05) is 27.2 Å². The summed E-state index contributed by atoms with van der Waals surface area (Å²) >= 11 is 0. The Morgan fingerprint density at radius 1 is 1.29 bits per heavy atom. The third-order valence-electron chi connectivity index (χ3n) is 4.01. The van der Waals surface area contributed by atoms with Crippen molar-refractivity contribution in [1.29, 1.82) is 0 Å². The van der Waals surface area contributed by atoms with Crippen LogP contribution in [0.1, 0.15) is 40.0 Å². The van der Waals surface area contributed by atoms with Crippen LogP contribution in [-0.2, 0) is 4.74 Å². The Kier molecular flexibility index (Phi) is 6.45. The Hall–Kier alpha value is -0.120. The van der Waals surface area contributed by atoms with E-state index in [-0.39, 0.29) is 13.2 Å². The SMILES string of the molecule is CC(C)C1CC[C@@H](C)C[C@H]1COCC(O)CO. The third-order valence-corrected chi connectivity index (χ3v) is 4.01. The molecule has 0 heterocycles. The molecule has 0 radical (unpaired) electrons. The summed E-state index contributed by atoms with van der Waals surface area (Å²) < 4.78 is 5.54. The Bertz CT molecular complexity index is 206. The van der Waals surface area contributed by atoms with Crippen LogP contribution in [0, 0.1) is 23.7 Å². The van der Waals surface area contributed by atoms with Crippen LogP contribution in [0.15, 0.2) is 0 Å². The van der Waals surface area contributed by atoms with Gasteiger partial charge in [-0.05, 0) is 36.5 Å². The molecule has 1 fully saturated rings. The molecule has 3 heteroatoms. The third kappa shape index (κ3) is 4.94. The lowest BCUT2D eigenvalue weighted by Crippen LogP contribution is -2.32. The quantitative estimate of drug-likeness (QED) is 0.752. The first-order valence-electron chi connectivity index (χ1n) is 6.91. The normalized spacial score (nSPS) is 31.8. The molecule has 0 aromatic heterocycles. The highest BCUT2D eigenvalue weighted by Crippen LogP contribution is 2.38. The lowest BCUT2D eigenvalue weighted by Gasteiger charge is -2.37. The molecule has 1 aliphatic carbocycles. The Morgan fingerprint density at radius 2 is 2.00 bits per heavy atom. The molecule has 4 atom stereocenters. The predicted octanol–water partition coefficient (Wildman–Crippen LogP) is 2.06. The van der Waals surface area contributed by atoms with Crippen LogP contribution in [0.2, 0.25) is 0 Å². The summed E-state index contributed by atoms with van der Waals surface area (Å²) in [5.74, 6) is 2.86. The van der Waals surface area contributed by atoms with Crippen LogP contribution in [0.5, 0.6) is 0 Å². The minimum Gasteiger partial charge on any atom is -0.394 e. The van der Waals surface area contributed by atoms with Gasteiger partial charge in [0.1, 0.15) is 6.10 Å². The topological polar surface area (TPSA) is 49.7 Å². The first kappa shape index (κ1) is 14.9. The van der Waals surface area contributed by atoms with Gasteiger partial charge in [0.25, 0.3) is 0 Å². The second-order valence-corrected chi connectivity index (χ2v) is 5.96. The maximum absolute atomic E-state index is 9.24. The fraction of sp³-hybridized carbons (Fsp3) is 1.00. The molecule has 0 saturated heterocycles. The van der Waals surface area contributed by atoms with Crippen molar-refractivity contribution in [2.24, 2.45) is 23.7 Å². The van der Waals surface area contributed by atoms with E-state index in [0.717, 1.165) is 18.4 Å². The number of aliphatic hydroxyl groups is 2. The van der Waals surface area contributed by atoms with Crippen molar-refractivity contribution in [2.75, 3.05) is 19.8 Å². The molecule has 0 bridgehead atoms. The molecule has 17 heavy (non-hydrogen) atoms. The van der Waals surface area contributed by atoms with Crippen molar-refractivity contribution in [3.63, 3.8) is 0 Å². The summed E-state index contributed by atoms with van der Waals surface area (Å²) in [5, 5.41) is 18.0. The molecule has 1 rings (SSSR count). The zero-order valence-corrected chi connectivity index (χ0v) is 11.4. The fourth-order valence-electron chi connectivity index (χ4n) is 3.00. The molecular weight excluding hydrogens is 216 g/mol. The molecule has 3 nitrogen and oxygen atoms in total. The van der Waals surface area contributed by atoms with Gasteiger partial charge in [0.15, 0.2) is 0 Å². The van der Waals surface area contributed by atoms with Gasteiger partial charge in [0.05, 0.1) is 13.2 Å². The predicted molar refractivity (Wildman–Crippen MR) is 68.7 cm³/mol. The minimum absolute atomic E-state index is 0.214. The first-order chi connectivity index (χ1) is 8.04. The van der Waals surface area contributed by atoms with E-state index in [2.05, 4.69) is 20.8 Å². The fourth-order valence-corrected chi connectivity index (χ4v) is 3.00. The maximum Gasteiger partial charge on any atom is 0.100 e. The molecular formula is C14H28O3. The highest BCUT2D eigenvalue weighted by Gasteiger charge is 2.30. The van der Waals surface area contributed by atoms with E-state index in [1.807, 2.05) is 0 Å². The Balaban J connectivity index is 2.36. The van der Waals surface area contributed by atoms with Gasteiger partial charge >= 0.3 is 0 Å². The van der Waals surface area contributed by atoms with Gasteiger partial charge in [0, 0.05) is 6.61 Å². The molecule has 0 spiro atoms. The second-order valence-electron chi connectivity index (χ2n) is 5.96. The van der Waals surface area contributed by atoms with Crippen molar-refractivity contribution in [2.45, 2.75) is 46.1 Å². The van der Waals surface area contributed by atoms with Crippen LogP contribution < -0.4 is 0 Å². The van der Waals surface area contributed by atoms with Gasteiger partial charge in [-0.3, -0.25) is 0 Å². The van der Waals surface area contributed by atoms with Crippen LogP contribution >= 0.6 is 0 Å². The smallest absolute Gasteiger partial charge is 0.100 e. The molecule has 0 aliphatic heterocycles. The summed E-state index contributed by atoms with van der Waals surface area (Å²) in [4.78, 5) is 0. The largest absolute Gasteiger partial charge is 0.394 e. The van der Waals surface area contributed by atoms with Crippen LogP contribution in [-0.4, -0.2) is 36.1 Å². The minimum atomic E-state index is -0.728. The highest BCUT2D eigenvalue weighted by atomic mass is 16.5. The van der Waals surface area contributed by atoms with Crippen LogP contribution in [0.4, 0.5) is 0 Å². The standard InChI is InChI=1S/C14H28O3/c1-10(2)14-5-4-11(3)6-12(14)8-17-9-13(16)7-15/h10-16H,4-9H2,1-3H3/t11-,12+,13?,14?/m1/s1. The van der Waals surface area contributed by atoms with Gasteiger partial charge in [0.2, 0.25) is 0 Å². The summed E-state index contributed by atoms with van der Waals surface area (Å²) in [5.41, 5.74) is 0. The molecule has 0 aromatic carbocycles. The zero-order chi connectivity index (χ0) is 12.8. The van der Waals surface area contributed by atoms with Gasteiger partial charge in [-0.2, -0.15) is 0 Å². The molecule has 102 valence electrons. The maximum atomic E-state index is 9.24. The van der Waals surface area contributed by atoms with Crippen LogP contribution in [0.3, 0.4) is 0 Å². The Labute approximate surface area is 105 Å². The van der Waals surface area contributed by atoms with E-state index in [0.29, 0.717) is 11.8 Å². The molecule has 2 N–H and O–H groups in total. The first-order valence-corrected chi connectivity index (χ1v) is 6.91. The monoisotopic (exact) mass is 244 g/mol. The average Bonchev–Trinajstić information content (AvgIpc) is 2.28. The lowest BCUT2D eigenvalue weighted by atomic mass is 9.70. The second kappa shape index (κ2) is 7.34. The van der Waals surface area contributed by atoms with Crippen molar-refractivity contribution in [1.82, 2.24) is 0 Å². The van der Waals surface area contributed by atoms with Gasteiger partial charge in [-0.15, -0.1) is 0 Å². The molecule has 1 saturated carbocycles. The van der Waals surface area contributed by atoms with Gasteiger partial charge < -0.3 is 14.9 Å². The molecule has 1 aliphatic rings. The Morgan fingerprint density at radius 3 is 2.59 bits per heavy atom. The van der Waals surface area contributed by atoms with E-state index in [1.165, 1.54) is 19.3 Å². The van der Waals surface area contributed by atoms with Gasteiger partial charge in [-0.25, -0.2) is 0 Å². The average molecular weight is 244 g/mol. The van der Waals surface area contributed by atoms with Crippen molar-refractivity contribution in [3.05, 3.63) is 0 Å². The highest BCUT2D eigenvalue weighted by molar-refractivity contribution is 4.80. The summed E-state index contributed by atoms with van der Waals surface area (Å²) in [6.45, 7) is 7.66. The van der Waals surface area contributed by atoms with E-state index in [4.69, 9.17) is 9.84 Å². The number of hydrogen-bond donors (Lipinski definition) is 2. The van der Waals surface area contributed by atoms with E-state index >= 15 is 0 Å². The van der Waals surface area contributed by atoms with Crippen molar-refractivity contribution < 1.29 is 14.9 Å². The zero-order valence-electron chi connectivity index (χ0n) is 11.4.